The van der Waals surface area contributed by atoms with E-state index in [2.05, 4.69) is 13.0 Å². The molecule has 52 valence electrons. The fourth-order valence-electron chi connectivity index (χ4n) is 1.08. The van der Waals surface area contributed by atoms with Crippen molar-refractivity contribution < 1.29 is 5.21 Å². The third-order valence-corrected chi connectivity index (χ3v) is 1.73. The van der Waals surface area contributed by atoms with Gasteiger partial charge in [0.1, 0.15) is 0 Å². The molecule has 0 saturated carbocycles. The van der Waals surface area contributed by atoms with Gasteiger partial charge in [0.25, 0.3) is 0 Å². The largest absolute Gasteiger partial charge is 0.289 e. The highest BCUT2D eigenvalue weighted by molar-refractivity contribution is 5.00. The van der Waals surface area contributed by atoms with Crippen LogP contribution in [0.15, 0.2) is 11.8 Å². The minimum absolute atomic E-state index is 0.633. The Morgan fingerprint density at radius 1 is 1.78 bits per heavy atom. The van der Waals surface area contributed by atoms with E-state index >= 15 is 0 Å². The normalized spacial score (nSPS) is 28.1. The molecule has 0 aromatic carbocycles. The van der Waals surface area contributed by atoms with Gasteiger partial charge in [0.05, 0.1) is 0 Å². The van der Waals surface area contributed by atoms with Crippen LogP contribution in [0.4, 0.5) is 0 Å². The van der Waals surface area contributed by atoms with Gasteiger partial charge in [-0.05, 0) is 19.3 Å². The number of hydrogen-bond donors (Lipinski definition) is 1. The van der Waals surface area contributed by atoms with E-state index in [1.807, 2.05) is 6.92 Å². The second-order valence-electron chi connectivity index (χ2n) is 2.70. The van der Waals surface area contributed by atoms with E-state index in [1.165, 1.54) is 5.06 Å². The fraction of sp³-hybridized carbons (Fsp3) is 0.714. The highest BCUT2D eigenvalue weighted by Crippen LogP contribution is 2.16. The quantitative estimate of drug-likeness (QED) is 0.534. The molecular weight excluding hydrogens is 114 g/mol. The molecule has 1 aliphatic heterocycles. The van der Waals surface area contributed by atoms with Gasteiger partial charge in [-0.1, -0.05) is 13.0 Å². The highest BCUT2D eigenvalue weighted by atomic mass is 16.5. The summed E-state index contributed by atoms with van der Waals surface area (Å²) in [6.07, 6.45) is 3.15. The second kappa shape index (κ2) is 2.40. The van der Waals surface area contributed by atoms with Crippen molar-refractivity contribution in [3.8, 4) is 0 Å². The van der Waals surface area contributed by atoms with Crippen LogP contribution in [-0.4, -0.2) is 16.8 Å². The van der Waals surface area contributed by atoms with E-state index in [0.717, 1.165) is 18.7 Å². The van der Waals surface area contributed by atoms with Crippen molar-refractivity contribution in [2.24, 2.45) is 5.92 Å². The van der Waals surface area contributed by atoms with Gasteiger partial charge in [-0.25, -0.2) is 0 Å². The lowest BCUT2D eigenvalue weighted by Crippen LogP contribution is -2.24. The summed E-state index contributed by atoms with van der Waals surface area (Å²) in [7, 11) is 0. The molecule has 1 unspecified atom stereocenters. The lowest BCUT2D eigenvalue weighted by Gasteiger charge is -2.24. The summed E-state index contributed by atoms with van der Waals surface area (Å²) in [5.74, 6) is 0.633. The maximum atomic E-state index is 9.06. The molecule has 0 aromatic heterocycles. The van der Waals surface area contributed by atoms with Gasteiger partial charge in [-0.3, -0.25) is 10.3 Å². The molecule has 2 heteroatoms. The summed E-state index contributed by atoms with van der Waals surface area (Å²) in [6, 6.07) is 0. The SMILES string of the molecule is CC1=CC(C)CCN1O. The lowest BCUT2D eigenvalue weighted by atomic mass is 10.0. The van der Waals surface area contributed by atoms with Crippen molar-refractivity contribution in [1.29, 1.82) is 0 Å². The average Bonchev–Trinajstić information content (AvgIpc) is 1.80. The van der Waals surface area contributed by atoms with Crippen LogP contribution < -0.4 is 0 Å². The van der Waals surface area contributed by atoms with E-state index in [4.69, 9.17) is 5.21 Å². The Kier molecular flexibility index (Phi) is 1.76. The summed E-state index contributed by atoms with van der Waals surface area (Å²) >= 11 is 0. The molecule has 9 heavy (non-hydrogen) atoms. The van der Waals surface area contributed by atoms with Crippen LogP contribution in [0.25, 0.3) is 0 Å². The minimum atomic E-state index is 0.633. The Bertz CT molecular complexity index is 131. The van der Waals surface area contributed by atoms with Gasteiger partial charge in [-0.15, -0.1) is 0 Å². The molecule has 0 fully saturated rings. The molecule has 0 aromatic rings. The van der Waals surface area contributed by atoms with E-state index in [-0.39, 0.29) is 0 Å². The third kappa shape index (κ3) is 1.45. The number of allylic oxidation sites excluding steroid dienone is 2. The number of nitrogens with zero attached hydrogens (tertiary/aromatic N) is 1. The van der Waals surface area contributed by atoms with Crippen molar-refractivity contribution in [3.63, 3.8) is 0 Å². The first-order valence-corrected chi connectivity index (χ1v) is 3.35. The zero-order valence-corrected chi connectivity index (χ0v) is 5.96. The lowest BCUT2D eigenvalue weighted by molar-refractivity contribution is -0.0636. The van der Waals surface area contributed by atoms with Crippen molar-refractivity contribution >= 4 is 0 Å². The molecule has 0 radical (unpaired) electrons. The maximum absolute atomic E-state index is 9.06. The molecule has 0 saturated heterocycles. The molecule has 1 atom stereocenters. The van der Waals surface area contributed by atoms with Crippen molar-refractivity contribution in [2.75, 3.05) is 6.54 Å². The molecular formula is C7H13NO. The van der Waals surface area contributed by atoms with Gasteiger partial charge < -0.3 is 0 Å². The van der Waals surface area contributed by atoms with E-state index in [9.17, 15) is 0 Å². The van der Waals surface area contributed by atoms with Gasteiger partial charge in [0.2, 0.25) is 0 Å². The standard InChI is InChI=1S/C7H13NO/c1-6-3-4-8(9)7(2)5-6/h5-6,9H,3-4H2,1-2H3. The predicted molar refractivity (Wildman–Crippen MR) is 36.0 cm³/mol. The molecule has 2 nitrogen and oxygen atoms in total. The summed E-state index contributed by atoms with van der Waals surface area (Å²) in [5, 5.41) is 10.4. The Hall–Kier alpha value is -0.500. The number of hydroxylamine groups is 2. The van der Waals surface area contributed by atoms with Crippen LogP contribution in [0.2, 0.25) is 0 Å². The molecule has 0 amide bonds. The topological polar surface area (TPSA) is 23.5 Å². The molecule has 0 spiro atoms. The van der Waals surface area contributed by atoms with E-state index in [1.54, 1.807) is 0 Å². The van der Waals surface area contributed by atoms with Crippen LogP contribution in [0.1, 0.15) is 20.3 Å². The predicted octanol–water partition coefficient (Wildman–Crippen LogP) is 1.62. The van der Waals surface area contributed by atoms with Crippen molar-refractivity contribution in [3.05, 3.63) is 11.8 Å². The summed E-state index contributed by atoms with van der Waals surface area (Å²) in [4.78, 5) is 0. The van der Waals surface area contributed by atoms with Crippen molar-refractivity contribution in [1.82, 2.24) is 5.06 Å². The monoisotopic (exact) mass is 127 g/mol. The number of rotatable bonds is 0. The van der Waals surface area contributed by atoms with Crippen LogP contribution in [-0.2, 0) is 0 Å². The molecule has 1 aliphatic rings. The van der Waals surface area contributed by atoms with Crippen LogP contribution >= 0.6 is 0 Å². The molecule has 0 bridgehead atoms. The zero-order valence-electron chi connectivity index (χ0n) is 5.96. The molecule has 1 rings (SSSR count). The van der Waals surface area contributed by atoms with E-state index in [0.29, 0.717) is 5.92 Å². The summed E-state index contributed by atoms with van der Waals surface area (Å²) < 4.78 is 0. The Morgan fingerprint density at radius 3 is 2.89 bits per heavy atom. The Labute approximate surface area is 55.7 Å². The van der Waals surface area contributed by atoms with Gasteiger partial charge in [-0.2, -0.15) is 0 Å². The Morgan fingerprint density at radius 2 is 2.44 bits per heavy atom. The summed E-state index contributed by atoms with van der Waals surface area (Å²) in [6.45, 7) is 4.87. The maximum Gasteiger partial charge on any atom is 0.0455 e. The summed E-state index contributed by atoms with van der Waals surface area (Å²) in [5.41, 5.74) is 0.980. The number of hydrogen-bond acceptors (Lipinski definition) is 2. The zero-order chi connectivity index (χ0) is 6.85. The average molecular weight is 127 g/mol. The second-order valence-corrected chi connectivity index (χ2v) is 2.70. The van der Waals surface area contributed by atoms with Crippen molar-refractivity contribution in [2.45, 2.75) is 20.3 Å². The highest BCUT2D eigenvalue weighted by Gasteiger charge is 2.10. The van der Waals surface area contributed by atoms with Gasteiger partial charge in [0.15, 0.2) is 0 Å². The molecule has 0 aliphatic carbocycles. The minimum Gasteiger partial charge on any atom is -0.289 e. The third-order valence-electron chi connectivity index (χ3n) is 1.73. The molecule has 1 heterocycles. The molecule has 1 N–H and O–H groups in total. The first-order valence-electron chi connectivity index (χ1n) is 3.35. The van der Waals surface area contributed by atoms with Gasteiger partial charge in [0, 0.05) is 12.2 Å². The first kappa shape index (κ1) is 6.62. The first-order chi connectivity index (χ1) is 4.20. The van der Waals surface area contributed by atoms with Crippen LogP contribution in [0.3, 0.4) is 0 Å². The van der Waals surface area contributed by atoms with Gasteiger partial charge >= 0.3 is 0 Å². The Balaban J connectivity index is 2.61. The van der Waals surface area contributed by atoms with Crippen LogP contribution in [0.5, 0.6) is 0 Å². The van der Waals surface area contributed by atoms with E-state index < -0.39 is 0 Å². The smallest absolute Gasteiger partial charge is 0.0455 e. The van der Waals surface area contributed by atoms with Crippen LogP contribution in [0, 0.1) is 5.92 Å². The fourth-order valence-corrected chi connectivity index (χ4v) is 1.08.